The summed E-state index contributed by atoms with van der Waals surface area (Å²) in [5, 5.41) is 0. The molecule has 6 heteroatoms. The summed E-state index contributed by atoms with van der Waals surface area (Å²) in [7, 11) is 0. The van der Waals surface area contributed by atoms with Crippen molar-refractivity contribution in [1.82, 2.24) is 0 Å². The van der Waals surface area contributed by atoms with Gasteiger partial charge in [0.05, 0.1) is 0 Å². The van der Waals surface area contributed by atoms with Crippen LogP contribution in [-0.4, -0.2) is 37.2 Å². The first-order valence-corrected chi connectivity index (χ1v) is 31.6. The molecule has 1 atom stereocenters. The van der Waals surface area contributed by atoms with Gasteiger partial charge in [-0.25, -0.2) is 0 Å². The van der Waals surface area contributed by atoms with Gasteiger partial charge in [-0.15, -0.1) is 0 Å². The van der Waals surface area contributed by atoms with Gasteiger partial charge in [0.1, 0.15) is 13.2 Å². The summed E-state index contributed by atoms with van der Waals surface area (Å²) in [6.45, 7) is 6.50. The van der Waals surface area contributed by atoms with Gasteiger partial charge < -0.3 is 14.2 Å². The van der Waals surface area contributed by atoms with E-state index in [4.69, 9.17) is 14.2 Å². The molecule has 1 unspecified atom stereocenters. The van der Waals surface area contributed by atoms with Crippen molar-refractivity contribution in [3.63, 3.8) is 0 Å². The molecule has 0 bridgehead atoms. The van der Waals surface area contributed by atoms with Gasteiger partial charge in [0.25, 0.3) is 0 Å². The van der Waals surface area contributed by atoms with Crippen LogP contribution in [0.4, 0.5) is 0 Å². The average Bonchev–Trinajstić information content (AvgIpc) is 3.40. The lowest BCUT2D eigenvalue weighted by Crippen LogP contribution is -2.30. The van der Waals surface area contributed by atoms with E-state index < -0.39 is 6.10 Å². The number of hydrogen-bond acceptors (Lipinski definition) is 6. The fourth-order valence-corrected chi connectivity index (χ4v) is 8.91. The molecule has 0 spiro atoms. The van der Waals surface area contributed by atoms with Crippen LogP contribution in [0, 0.1) is 0 Å². The maximum atomic E-state index is 12.8. The maximum absolute atomic E-state index is 12.8. The molecular formula is C68H118O6. The minimum absolute atomic E-state index is 0.0904. The molecule has 0 saturated carbocycles. The van der Waals surface area contributed by atoms with Crippen molar-refractivity contribution in [3.8, 4) is 0 Å². The Bertz CT molecular complexity index is 1420. The number of carbonyl (C=O) groups excluding carboxylic acids is 3. The van der Waals surface area contributed by atoms with E-state index in [0.29, 0.717) is 19.3 Å². The smallest absolute Gasteiger partial charge is 0.306 e. The second-order valence-corrected chi connectivity index (χ2v) is 20.9. The van der Waals surface area contributed by atoms with Crippen LogP contribution in [-0.2, 0) is 28.6 Å². The SMILES string of the molecule is CC/C=C\C/C=C\C/C=C\C/C=C\CCCCC(=O)OC(COC(=O)CCCCCCCCCCCCCC)COC(=O)CCCCCCCCCCCCCCCC/C=C\C/C=C\C/C=C\CCCCCCC. The van der Waals surface area contributed by atoms with Crippen molar-refractivity contribution >= 4 is 17.9 Å². The summed E-state index contributed by atoms with van der Waals surface area (Å²) >= 11 is 0. The van der Waals surface area contributed by atoms with Crippen LogP contribution in [0.5, 0.6) is 0 Å². The van der Waals surface area contributed by atoms with Gasteiger partial charge in [0, 0.05) is 19.3 Å². The van der Waals surface area contributed by atoms with E-state index in [1.54, 1.807) is 0 Å². The average molecular weight is 1030 g/mol. The van der Waals surface area contributed by atoms with Crippen LogP contribution in [0.25, 0.3) is 0 Å². The van der Waals surface area contributed by atoms with Crippen molar-refractivity contribution in [1.29, 1.82) is 0 Å². The quantitative estimate of drug-likeness (QED) is 0.0261. The predicted molar refractivity (Wildman–Crippen MR) is 321 cm³/mol. The van der Waals surface area contributed by atoms with Crippen molar-refractivity contribution in [2.24, 2.45) is 0 Å². The Labute approximate surface area is 458 Å². The number of allylic oxidation sites excluding steroid dienone is 14. The number of hydrogen-bond donors (Lipinski definition) is 0. The second kappa shape index (κ2) is 62.1. The zero-order valence-corrected chi connectivity index (χ0v) is 48.8. The second-order valence-electron chi connectivity index (χ2n) is 20.9. The van der Waals surface area contributed by atoms with Gasteiger partial charge in [0.15, 0.2) is 6.10 Å². The fourth-order valence-electron chi connectivity index (χ4n) is 8.91. The highest BCUT2D eigenvalue weighted by Gasteiger charge is 2.19. The molecule has 0 heterocycles. The van der Waals surface area contributed by atoms with Gasteiger partial charge in [-0.1, -0.05) is 279 Å². The molecule has 0 N–H and O–H groups in total. The monoisotopic (exact) mass is 1030 g/mol. The third-order valence-electron chi connectivity index (χ3n) is 13.6. The van der Waals surface area contributed by atoms with Crippen LogP contribution >= 0.6 is 0 Å². The van der Waals surface area contributed by atoms with Gasteiger partial charge >= 0.3 is 17.9 Å². The molecule has 0 aromatic carbocycles. The minimum Gasteiger partial charge on any atom is -0.462 e. The van der Waals surface area contributed by atoms with Gasteiger partial charge in [0.2, 0.25) is 0 Å². The van der Waals surface area contributed by atoms with E-state index in [-0.39, 0.29) is 37.5 Å². The lowest BCUT2D eigenvalue weighted by Gasteiger charge is -2.18. The van der Waals surface area contributed by atoms with Crippen LogP contribution in [0.1, 0.15) is 310 Å². The Balaban J connectivity index is 4.23. The number of esters is 3. The van der Waals surface area contributed by atoms with E-state index in [2.05, 4.69) is 106 Å². The summed E-state index contributed by atoms with van der Waals surface area (Å²) in [5.74, 6) is -0.923. The molecule has 0 aliphatic rings. The van der Waals surface area contributed by atoms with E-state index in [1.165, 1.54) is 173 Å². The van der Waals surface area contributed by atoms with Crippen LogP contribution in [0.15, 0.2) is 85.1 Å². The van der Waals surface area contributed by atoms with Gasteiger partial charge in [-0.3, -0.25) is 14.4 Å². The molecule has 0 aromatic heterocycles. The molecule has 6 nitrogen and oxygen atoms in total. The summed E-state index contributed by atoms with van der Waals surface area (Å²) < 4.78 is 16.9. The highest BCUT2D eigenvalue weighted by Crippen LogP contribution is 2.16. The number of carbonyl (C=O) groups is 3. The normalized spacial score (nSPS) is 12.6. The summed E-state index contributed by atoms with van der Waals surface area (Å²) in [6.07, 6.45) is 81.7. The molecule has 0 amide bonds. The molecule has 0 fully saturated rings. The number of unbranched alkanes of at least 4 members (excludes halogenated alkanes) is 32. The first kappa shape index (κ1) is 70.6. The molecule has 74 heavy (non-hydrogen) atoms. The summed E-state index contributed by atoms with van der Waals surface area (Å²) in [4.78, 5) is 38.2. The molecule has 0 aliphatic carbocycles. The van der Waals surface area contributed by atoms with E-state index in [1.807, 2.05) is 0 Å². The van der Waals surface area contributed by atoms with Crippen molar-refractivity contribution in [3.05, 3.63) is 85.1 Å². The lowest BCUT2D eigenvalue weighted by atomic mass is 10.0. The topological polar surface area (TPSA) is 78.9 Å². The number of ether oxygens (including phenoxy) is 3. The van der Waals surface area contributed by atoms with Crippen molar-refractivity contribution in [2.45, 2.75) is 316 Å². The number of rotatable bonds is 57. The van der Waals surface area contributed by atoms with Crippen molar-refractivity contribution in [2.75, 3.05) is 13.2 Å². The molecule has 0 saturated heterocycles. The maximum Gasteiger partial charge on any atom is 0.306 e. The largest absolute Gasteiger partial charge is 0.462 e. The standard InChI is InChI=1S/C68H118O6/c1-4-7-10-13-16-19-22-25-27-28-29-30-31-32-33-34-35-36-37-38-39-40-42-43-46-49-52-55-58-61-67(70)73-64-65(63-72-66(69)60-57-54-51-48-45-24-21-18-15-12-9-6-3)74-68(71)62-59-56-53-50-47-44-41-26-23-20-17-14-11-8-5-2/h8,11,17,20,22,25-26,28-29,31-32,41,47,50,65H,4-7,9-10,12-16,18-19,21,23-24,27,30,33-40,42-46,48-49,51-64H2,1-3H3/b11-8-,20-17-,25-22-,29-28-,32-31-,41-26-,50-47-. The molecule has 426 valence electrons. The summed E-state index contributed by atoms with van der Waals surface area (Å²) in [6, 6.07) is 0. The Morgan fingerprint density at radius 2 is 0.527 bits per heavy atom. The first-order valence-electron chi connectivity index (χ1n) is 31.6. The van der Waals surface area contributed by atoms with Crippen LogP contribution < -0.4 is 0 Å². The third-order valence-corrected chi connectivity index (χ3v) is 13.6. The Morgan fingerprint density at radius 1 is 0.284 bits per heavy atom. The summed E-state index contributed by atoms with van der Waals surface area (Å²) in [5.41, 5.74) is 0. The minimum atomic E-state index is -0.797. The van der Waals surface area contributed by atoms with Crippen LogP contribution in [0.2, 0.25) is 0 Å². The third kappa shape index (κ3) is 59.5. The van der Waals surface area contributed by atoms with Gasteiger partial charge in [-0.05, 0) is 96.3 Å². The van der Waals surface area contributed by atoms with Crippen molar-refractivity contribution < 1.29 is 28.6 Å². The Morgan fingerprint density at radius 3 is 0.851 bits per heavy atom. The molecule has 0 rings (SSSR count). The zero-order chi connectivity index (χ0) is 53.6. The van der Waals surface area contributed by atoms with Crippen LogP contribution in [0.3, 0.4) is 0 Å². The van der Waals surface area contributed by atoms with E-state index >= 15 is 0 Å². The molecular weight excluding hydrogens is 913 g/mol. The highest BCUT2D eigenvalue weighted by molar-refractivity contribution is 5.71. The fraction of sp³-hybridized carbons (Fsp3) is 0.750. The Hall–Kier alpha value is -3.41. The predicted octanol–water partition coefficient (Wildman–Crippen LogP) is 21.5. The first-order chi connectivity index (χ1) is 36.5. The van der Waals surface area contributed by atoms with Gasteiger partial charge in [-0.2, -0.15) is 0 Å². The lowest BCUT2D eigenvalue weighted by molar-refractivity contribution is -0.167. The zero-order valence-electron chi connectivity index (χ0n) is 48.8. The van der Waals surface area contributed by atoms with E-state index in [9.17, 15) is 14.4 Å². The Kier molecular flexibility index (Phi) is 59.3. The molecule has 0 aromatic rings. The van der Waals surface area contributed by atoms with E-state index in [0.717, 1.165) is 89.9 Å². The molecule has 0 radical (unpaired) electrons. The highest BCUT2D eigenvalue weighted by atomic mass is 16.6. The molecule has 0 aliphatic heterocycles.